The minimum absolute atomic E-state index is 0.0178. The van der Waals surface area contributed by atoms with Crippen LogP contribution in [0, 0.1) is 0 Å². The maximum Gasteiger partial charge on any atom is 0.300 e. The second-order valence-electron chi connectivity index (χ2n) is 6.93. The van der Waals surface area contributed by atoms with Gasteiger partial charge in [-0.15, -0.1) is 0 Å². The number of anilines is 1. The number of aromatic nitrogens is 1. The molecule has 9 heteroatoms. The monoisotopic (exact) mass is 470 g/mol. The molecule has 4 rings (SSSR count). The van der Waals surface area contributed by atoms with Gasteiger partial charge in [-0.1, -0.05) is 29.3 Å². The van der Waals surface area contributed by atoms with Crippen molar-refractivity contribution in [1.29, 1.82) is 0 Å². The van der Waals surface area contributed by atoms with Crippen molar-refractivity contribution < 1.29 is 24.5 Å². The predicted octanol–water partition coefficient (Wildman–Crippen LogP) is 4.73. The summed E-state index contributed by atoms with van der Waals surface area (Å²) in [6.07, 6.45) is 3.00. The van der Waals surface area contributed by atoms with Crippen LogP contribution < -0.4 is 9.64 Å². The summed E-state index contributed by atoms with van der Waals surface area (Å²) in [7, 11) is 1.45. The Hall–Kier alpha value is -3.55. The number of phenols is 1. The van der Waals surface area contributed by atoms with E-state index in [1.165, 1.54) is 49.8 Å². The fourth-order valence-corrected chi connectivity index (χ4v) is 3.95. The Morgan fingerprint density at radius 3 is 2.59 bits per heavy atom. The molecule has 0 spiro atoms. The van der Waals surface area contributed by atoms with Gasteiger partial charge in [0.2, 0.25) is 0 Å². The molecule has 1 fully saturated rings. The van der Waals surface area contributed by atoms with Crippen LogP contribution in [0.2, 0.25) is 10.0 Å². The summed E-state index contributed by atoms with van der Waals surface area (Å²) in [5.74, 6) is -2.24. The van der Waals surface area contributed by atoms with Gasteiger partial charge >= 0.3 is 0 Å². The van der Waals surface area contributed by atoms with E-state index in [2.05, 4.69) is 4.98 Å². The fraction of sp³-hybridized carbons (Fsp3) is 0.0870. The van der Waals surface area contributed by atoms with E-state index in [0.717, 1.165) is 4.90 Å². The Balaban J connectivity index is 2.00. The number of methoxy groups -OCH3 is 1. The van der Waals surface area contributed by atoms with Crippen LogP contribution >= 0.6 is 23.2 Å². The number of carbonyl (C=O) groups is 2. The highest BCUT2D eigenvalue weighted by atomic mass is 35.5. The van der Waals surface area contributed by atoms with Crippen molar-refractivity contribution in [3.8, 4) is 11.5 Å². The first-order chi connectivity index (χ1) is 15.3. The second kappa shape index (κ2) is 8.53. The molecule has 7 nitrogen and oxygen atoms in total. The lowest BCUT2D eigenvalue weighted by molar-refractivity contribution is -0.132. The number of rotatable bonds is 4. The second-order valence-corrected chi connectivity index (χ2v) is 7.78. The molecule has 1 aromatic heterocycles. The molecule has 1 aliphatic rings. The Kier molecular flexibility index (Phi) is 5.78. The van der Waals surface area contributed by atoms with E-state index in [4.69, 9.17) is 27.9 Å². The van der Waals surface area contributed by atoms with Crippen LogP contribution in [-0.2, 0) is 9.59 Å². The maximum absolute atomic E-state index is 13.1. The van der Waals surface area contributed by atoms with Crippen molar-refractivity contribution >= 4 is 46.3 Å². The number of amides is 1. The minimum Gasteiger partial charge on any atom is -0.507 e. The van der Waals surface area contributed by atoms with Crippen molar-refractivity contribution in [1.82, 2.24) is 4.98 Å². The van der Waals surface area contributed by atoms with Gasteiger partial charge in [-0.05, 0) is 48.0 Å². The third-order valence-corrected chi connectivity index (χ3v) is 5.63. The Labute approximate surface area is 193 Å². The third-order valence-electron chi connectivity index (χ3n) is 5.07. The number of nitrogens with zero attached hydrogens (tertiary/aromatic N) is 2. The average molecular weight is 471 g/mol. The number of halogens is 2. The van der Waals surface area contributed by atoms with Crippen molar-refractivity contribution in [3.05, 3.63) is 87.7 Å². The van der Waals surface area contributed by atoms with Gasteiger partial charge in [-0.2, -0.15) is 0 Å². The van der Waals surface area contributed by atoms with E-state index >= 15 is 0 Å². The summed E-state index contributed by atoms with van der Waals surface area (Å²) in [4.78, 5) is 31.4. The van der Waals surface area contributed by atoms with Crippen molar-refractivity contribution in [3.63, 3.8) is 0 Å². The standard InChI is InChI=1S/C23H16Cl2N2O5/c1-32-14-5-6-16(25)15(10-14)21(29)19-20(12-3-2-8-26-11-12)27(23(31)22(19)30)17-9-13(24)4-7-18(17)28/h2-11,20,28-29H,1H3/b21-19+. The molecule has 1 unspecified atom stereocenters. The highest BCUT2D eigenvalue weighted by molar-refractivity contribution is 6.52. The topological polar surface area (TPSA) is 100.0 Å². The molecule has 0 radical (unpaired) electrons. The maximum atomic E-state index is 13.1. The van der Waals surface area contributed by atoms with Crippen LogP contribution in [0.5, 0.6) is 11.5 Å². The summed E-state index contributed by atoms with van der Waals surface area (Å²) in [6.45, 7) is 0. The van der Waals surface area contributed by atoms with Gasteiger partial charge in [0.05, 0.1) is 29.4 Å². The summed E-state index contributed by atoms with van der Waals surface area (Å²) in [5.41, 5.74) is 0.363. The zero-order chi connectivity index (χ0) is 23.0. The van der Waals surface area contributed by atoms with Crippen LogP contribution in [0.4, 0.5) is 5.69 Å². The van der Waals surface area contributed by atoms with E-state index in [-0.39, 0.29) is 32.6 Å². The number of benzene rings is 2. The molecule has 2 heterocycles. The number of aliphatic hydroxyl groups excluding tert-OH is 1. The van der Waals surface area contributed by atoms with Crippen LogP contribution in [0.1, 0.15) is 17.2 Å². The van der Waals surface area contributed by atoms with Crippen molar-refractivity contribution in [2.75, 3.05) is 12.0 Å². The van der Waals surface area contributed by atoms with Crippen LogP contribution in [0.15, 0.2) is 66.5 Å². The number of hydrogen-bond acceptors (Lipinski definition) is 6. The van der Waals surface area contributed by atoms with E-state index < -0.39 is 23.5 Å². The molecule has 1 aliphatic heterocycles. The number of aromatic hydroxyl groups is 1. The summed E-state index contributed by atoms with van der Waals surface area (Å²) < 4.78 is 5.19. The molecule has 0 saturated carbocycles. The molecule has 2 N–H and O–H groups in total. The molecule has 32 heavy (non-hydrogen) atoms. The summed E-state index contributed by atoms with van der Waals surface area (Å²) in [6, 6.07) is 10.9. The Morgan fingerprint density at radius 2 is 1.91 bits per heavy atom. The lowest BCUT2D eigenvalue weighted by atomic mass is 9.96. The van der Waals surface area contributed by atoms with Crippen LogP contribution in [-0.4, -0.2) is 34.0 Å². The van der Waals surface area contributed by atoms with Crippen molar-refractivity contribution in [2.45, 2.75) is 6.04 Å². The summed E-state index contributed by atoms with van der Waals surface area (Å²) >= 11 is 12.4. The molecule has 162 valence electrons. The molecule has 1 atom stereocenters. The van der Waals surface area contributed by atoms with Gasteiger partial charge in [0.15, 0.2) is 0 Å². The average Bonchev–Trinajstić information content (AvgIpc) is 3.06. The van der Waals surface area contributed by atoms with Gasteiger partial charge in [0.25, 0.3) is 11.7 Å². The first kappa shape index (κ1) is 21.7. The molecular formula is C23H16Cl2N2O5. The van der Waals surface area contributed by atoms with Gasteiger partial charge in [0.1, 0.15) is 17.3 Å². The van der Waals surface area contributed by atoms with Gasteiger partial charge in [-0.3, -0.25) is 19.5 Å². The third kappa shape index (κ3) is 3.66. The van der Waals surface area contributed by atoms with Gasteiger partial charge in [-0.25, -0.2) is 0 Å². The highest BCUT2D eigenvalue weighted by Crippen LogP contribution is 2.45. The van der Waals surface area contributed by atoms with Crippen molar-refractivity contribution in [2.24, 2.45) is 0 Å². The SMILES string of the molecule is COc1ccc(Cl)c(/C(O)=C2\C(=O)C(=O)N(c3cc(Cl)ccc3O)C2c2cccnc2)c1. The first-order valence-electron chi connectivity index (χ1n) is 9.37. The largest absolute Gasteiger partial charge is 0.507 e. The quantitative estimate of drug-likeness (QED) is 0.324. The highest BCUT2D eigenvalue weighted by Gasteiger charge is 2.48. The predicted molar refractivity (Wildman–Crippen MR) is 120 cm³/mol. The normalized spacial score (nSPS) is 17.6. The lowest BCUT2D eigenvalue weighted by Gasteiger charge is -2.26. The van der Waals surface area contributed by atoms with E-state index in [1.807, 2.05) is 0 Å². The first-order valence-corrected chi connectivity index (χ1v) is 10.1. The number of pyridine rings is 1. The van der Waals surface area contributed by atoms with Gasteiger partial charge in [0, 0.05) is 23.0 Å². The zero-order valence-electron chi connectivity index (χ0n) is 16.6. The summed E-state index contributed by atoms with van der Waals surface area (Å²) in [5, 5.41) is 22.0. The number of Topliss-reactive ketones (excluding diaryl/α,β-unsaturated/α-hetero) is 1. The Bertz CT molecular complexity index is 1260. The number of carbonyl (C=O) groups excluding carboxylic acids is 2. The minimum atomic E-state index is -1.09. The molecule has 1 saturated heterocycles. The number of aliphatic hydroxyl groups is 1. The lowest BCUT2D eigenvalue weighted by Crippen LogP contribution is -2.29. The molecule has 0 aliphatic carbocycles. The molecule has 2 aromatic carbocycles. The van der Waals surface area contributed by atoms with E-state index in [0.29, 0.717) is 11.3 Å². The molecule has 0 bridgehead atoms. The Morgan fingerprint density at radius 1 is 1.12 bits per heavy atom. The zero-order valence-corrected chi connectivity index (χ0v) is 18.1. The van der Waals surface area contributed by atoms with E-state index in [9.17, 15) is 19.8 Å². The van der Waals surface area contributed by atoms with Crippen LogP contribution in [0.3, 0.4) is 0 Å². The number of ketones is 1. The number of ether oxygens (including phenoxy) is 1. The van der Waals surface area contributed by atoms with Gasteiger partial charge < -0.3 is 14.9 Å². The van der Waals surface area contributed by atoms with E-state index in [1.54, 1.807) is 18.2 Å². The molecule has 3 aromatic rings. The molecule has 1 amide bonds. The number of phenolic OH excluding ortho intramolecular Hbond substituents is 1. The fourth-order valence-electron chi connectivity index (χ4n) is 3.58. The van der Waals surface area contributed by atoms with Crippen LogP contribution in [0.25, 0.3) is 5.76 Å². The number of hydrogen-bond donors (Lipinski definition) is 2. The smallest absolute Gasteiger partial charge is 0.300 e. The molecular weight excluding hydrogens is 455 g/mol.